The van der Waals surface area contributed by atoms with Crippen LogP contribution in [0.25, 0.3) is 15.9 Å². The zero-order valence-electron chi connectivity index (χ0n) is 19.0. The smallest absolute Gasteiger partial charge is 0.337 e. The second-order valence-corrected chi connectivity index (χ2v) is 10.0. The molecular formula is C26H24N2O4S2. The molecule has 2 heterocycles. The number of hydrogen-bond acceptors (Lipinski definition) is 7. The number of hydrogen-bond donors (Lipinski definition) is 0. The van der Waals surface area contributed by atoms with Crippen molar-refractivity contribution in [1.29, 1.82) is 0 Å². The van der Waals surface area contributed by atoms with E-state index < -0.39 is 0 Å². The standard InChI is InChI=1S/C26H24N2O4S2/c1-3-32-19-13-11-18(12-14-19)28-24(29)22-20-5-4-6-21(20)34-23(22)27-26(28)33-15-16-7-9-17(10-8-16)25(30)31-2/h7-14H,3-6,15H2,1-2H3. The fraction of sp³-hybridized carbons (Fsp3) is 0.269. The van der Waals surface area contributed by atoms with Crippen LogP contribution in [0, 0.1) is 0 Å². The third-order valence-corrected chi connectivity index (χ3v) is 8.05. The highest BCUT2D eigenvalue weighted by molar-refractivity contribution is 7.98. The van der Waals surface area contributed by atoms with Crippen LogP contribution in [0.15, 0.2) is 58.5 Å². The van der Waals surface area contributed by atoms with Crippen molar-refractivity contribution in [1.82, 2.24) is 9.55 Å². The second-order valence-electron chi connectivity index (χ2n) is 7.98. The van der Waals surface area contributed by atoms with E-state index in [2.05, 4.69) is 0 Å². The number of benzene rings is 2. The van der Waals surface area contributed by atoms with Crippen molar-refractivity contribution in [3.05, 3.63) is 80.5 Å². The van der Waals surface area contributed by atoms with E-state index in [0.29, 0.717) is 23.1 Å². The van der Waals surface area contributed by atoms with E-state index in [0.717, 1.165) is 46.5 Å². The van der Waals surface area contributed by atoms with Gasteiger partial charge in [-0.25, -0.2) is 9.78 Å². The summed E-state index contributed by atoms with van der Waals surface area (Å²) < 4.78 is 12.1. The van der Waals surface area contributed by atoms with Gasteiger partial charge < -0.3 is 9.47 Å². The molecule has 174 valence electrons. The third kappa shape index (κ3) is 4.23. The number of rotatable bonds is 7. The first kappa shape index (κ1) is 22.7. The molecule has 1 aliphatic rings. The Balaban J connectivity index is 1.54. The Kier molecular flexibility index (Phi) is 6.43. The Morgan fingerprint density at radius 3 is 2.59 bits per heavy atom. The van der Waals surface area contributed by atoms with Gasteiger partial charge in [-0.15, -0.1) is 11.3 Å². The molecule has 6 nitrogen and oxygen atoms in total. The van der Waals surface area contributed by atoms with E-state index in [1.54, 1.807) is 28.0 Å². The topological polar surface area (TPSA) is 70.4 Å². The summed E-state index contributed by atoms with van der Waals surface area (Å²) >= 11 is 3.16. The zero-order chi connectivity index (χ0) is 23.7. The molecule has 8 heteroatoms. The fourth-order valence-electron chi connectivity index (χ4n) is 4.21. The average molecular weight is 493 g/mol. The van der Waals surface area contributed by atoms with Crippen molar-refractivity contribution in [2.45, 2.75) is 37.1 Å². The molecule has 0 aliphatic heterocycles. The molecule has 0 fully saturated rings. The Morgan fingerprint density at radius 1 is 1.12 bits per heavy atom. The lowest BCUT2D eigenvalue weighted by Gasteiger charge is -2.13. The summed E-state index contributed by atoms with van der Waals surface area (Å²) in [6.45, 7) is 2.53. The Hall–Kier alpha value is -3.10. The largest absolute Gasteiger partial charge is 0.494 e. The van der Waals surface area contributed by atoms with Gasteiger partial charge in [0.05, 0.1) is 30.4 Å². The summed E-state index contributed by atoms with van der Waals surface area (Å²) in [5.74, 6) is 1.02. The summed E-state index contributed by atoms with van der Waals surface area (Å²) in [4.78, 5) is 32.5. The van der Waals surface area contributed by atoms with Crippen molar-refractivity contribution in [2.24, 2.45) is 0 Å². The molecule has 4 aromatic rings. The van der Waals surface area contributed by atoms with Gasteiger partial charge in [-0.2, -0.15) is 0 Å². The van der Waals surface area contributed by atoms with Crippen LogP contribution in [0.2, 0.25) is 0 Å². The average Bonchev–Trinajstić information content (AvgIpc) is 3.45. The number of fused-ring (bicyclic) bond motifs is 3. The highest BCUT2D eigenvalue weighted by atomic mass is 32.2. The maximum atomic E-state index is 13.8. The molecule has 0 N–H and O–H groups in total. The van der Waals surface area contributed by atoms with Crippen molar-refractivity contribution in [3.63, 3.8) is 0 Å². The number of thiophene rings is 1. The van der Waals surface area contributed by atoms with E-state index in [-0.39, 0.29) is 11.5 Å². The van der Waals surface area contributed by atoms with E-state index in [4.69, 9.17) is 14.5 Å². The van der Waals surface area contributed by atoms with E-state index in [1.165, 1.54) is 29.3 Å². The molecule has 5 rings (SSSR count). The van der Waals surface area contributed by atoms with Crippen molar-refractivity contribution >= 4 is 39.3 Å². The molecule has 0 bridgehead atoms. The number of methoxy groups -OCH3 is 1. The number of carbonyl (C=O) groups is 1. The minimum Gasteiger partial charge on any atom is -0.494 e. The van der Waals surface area contributed by atoms with Gasteiger partial charge in [0.2, 0.25) is 0 Å². The van der Waals surface area contributed by atoms with Gasteiger partial charge in [0, 0.05) is 10.6 Å². The number of nitrogens with zero attached hydrogens (tertiary/aromatic N) is 2. The Bertz CT molecular complexity index is 1410. The maximum absolute atomic E-state index is 13.8. The molecule has 0 saturated carbocycles. The highest BCUT2D eigenvalue weighted by Crippen LogP contribution is 2.36. The molecule has 0 radical (unpaired) electrons. The van der Waals surface area contributed by atoms with Gasteiger partial charge >= 0.3 is 5.97 Å². The minimum absolute atomic E-state index is 0.0166. The highest BCUT2D eigenvalue weighted by Gasteiger charge is 2.24. The second kappa shape index (κ2) is 9.64. The van der Waals surface area contributed by atoms with Crippen molar-refractivity contribution in [3.8, 4) is 11.4 Å². The van der Waals surface area contributed by atoms with Crippen molar-refractivity contribution < 1.29 is 14.3 Å². The zero-order valence-corrected chi connectivity index (χ0v) is 20.6. The molecule has 2 aromatic heterocycles. The lowest BCUT2D eigenvalue weighted by atomic mass is 10.1. The Labute approximate surface area is 205 Å². The molecule has 2 aromatic carbocycles. The monoisotopic (exact) mass is 492 g/mol. The maximum Gasteiger partial charge on any atom is 0.337 e. The number of aromatic nitrogens is 2. The van der Waals surface area contributed by atoms with E-state index >= 15 is 0 Å². The number of thioether (sulfide) groups is 1. The quantitative estimate of drug-likeness (QED) is 0.195. The van der Waals surface area contributed by atoms with Gasteiger partial charge in [0.1, 0.15) is 10.6 Å². The predicted molar refractivity (Wildman–Crippen MR) is 136 cm³/mol. The van der Waals surface area contributed by atoms with E-state index in [9.17, 15) is 9.59 Å². The number of aryl methyl sites for hydroxylation is 2. The van der Waals surface area contributed by atoms with Crippen molar-refractivity contribution in [2.75, 3.05) is 13.7 Å². The van der Waals surface area contributed by atoms with Gasteiger partial charge in [0.25, 0.3) is 5.56 Å². The molecule has 0 saturated heterocycles. The van der Waals surface area contributed by atoms with Crippen LogP contribution in [-0.4, -0.2) is 29.2 Å². The number of ether oxygens (including phenoxy) is 2. The predicted octanol–water partition coefficient (Wildman–Crippen LogP) is 5.41. The third-order valence-electron chi connectivity index (χ3n) is 5.86. The molecule has 34 heavy (non-hydrogen) atoms. The summed E-state index contributed by atoms with van der Waals surface area (Å²) in [6.07, 6.45) is 3.06. The van der Waals surface area contributed by atoms with Crippen LogP contribution in [0.3, 0.4) is 0 Å². The molecule has 0 amide bonds. The lowest BCUT2D eigenvalue weighted by molar-refractivity contribution is 0.0600. The molecule has 0 unspecified atom stereocenters. The number of carbonyl (C=O) groups excluding carboxylic acids is 1. The molecular weight excluding hydrogens is 468 g/mol. The summed E-state index contributed by atoms with van der Waals surface area (Å²) in [6, 6.07) is 14.9. The first-order valence-electron chi connectivity index (χ1n) is 11.2. The van der Waals surface area contributed by atoms with Gasteiger partial charge in [-0.3, -0.25) is 9.36 Å². The SMILES string of the molecule is CCOc1ccc(-n2c(SCc3ccc(C(=O)OC)cc3)nc3sc4c(c3c2=O)CCC4)cc1. The molecule has 0 spiro atoms. The van der Waals surface area contributed by atoms with Crippen LogP contribution in [0.5, 0.6) is 5.75 Å². The van der Waals surface area contributed by atoms with Gasteiger partial charge in [-0.05, 0) is 73.7 Å². The summed E-state index contributed by atoms with van der Waals surface area (Å²) in [7, 11) is 1.37. The molecule has 0 atom stereocenters. The minimum atomic E-state index is -0.360. The van der Waals surface area contributed by atoms with E-state index in [1.807, 2.05) is 43.3 Å². The normalized spacial score (nSPS) is 12.6. The van der Waals surface area contributed by atoms with Crippen LogP contribution in [0.4, 0.5) is 0 Å². The Morgan fingerprint density at radius 2 is 1.88 bits per heavy atom. The van der Waals surface area contributed by atoms with Gasteiger partial charge in [-0.1, -0.05) is 23.9 Å². The summed E-state index contributed by atoms with van der Waals surface area (Å²) in [5, 5.41) is 1.41. The van der Waals surface area contributed by atoms with Crippen LogP contribution < -0.4 is 10.3 Å². The molecule has 1 aliphatic carbocycles. The first-order chi connectivity index (χ1) is 16.6. The fourth-order valence-corrected chi connectivity index (χ4v) is 6.48. The first-order valence-corrected chi connectivity index (χ1v) is 13.0. The lowest BCUT2D eigenvalue weighted by Crippen LogP contribution is -2.21. The van der Waals surface area contributed by atoms with Crippen LogP contribution in [-0.2, 0) is 23.3 Å². The summed E-state index contributed by atoms with van der Waals surface area (Å²) in [5.41, 5.74) is 3.46. The van der Waals surface area contributed by atoms with Crippen LogP contribution in [0.1, 0.15) is 39.7 Å². The van der Waals surface area contributed by atoms with Gasteiger partial charge in [0.15, 0.2) is 5.16 Å². The van der Waals surface area contributed by atoms with Crippen LogP contribution >= 0.6 is 23.1 Å². The number of esters is 1.